The molecular formula is C21H16F2N6O. The number of pyridine rings is 1. The van der Waals surface area contributed by atoms with Gasteiger partial charge in [0.15, 0.2) is 0 Å². The van der Waals surface area contributed by atoms with E-state index < -0.39 is 18.0 Å². The SMILES string of the molecule is O=C(Nc1ccc(F)c(-c2cn3cc(-c4ccccn4)cnc3n2)c1)N1CC(F)C1. The molecule has 3 aromatic heterocycles. The highest BCUT2D eigenvalue weighted by molar-refractivity contribution is 5.90. The Labute approximate surface area is 170 Å². The summed E-state index contributed by atoms with van der Waals surface area (Å²) in [5.41, 5.74) is 2.57. The summed E-state index contributed by atoms with van der Waals surface area (Å²) < 4.78 is 29.2. The van der Waals surface area contributed by atoms with Gasteiger partial charge in [0.1, 0.15) is 12.0 Å². The third-order valence-electron chi connectivity index (χ3n) is 4.89. The summed E-state index contributed by atoms with van der Waals surface area (Å²) >= 11 is 0. The first-order valence-corrected chi connectivity index (χ1v) is 9.33. The Hall–Kier alpha value is -3.88. The van der Waals surface area contributed by atoms with E-state index in [1.165, 1.54) is 23.1 Å². The second kappa shape index (κ2) is 7.18. The maximum atomic E-state index is 14.5. The van der Waals surface area contributed by atoms with E-state index in [-0.39, 0.29) is 18.7 Å². The van der Waals surface area contributed by atoms with E-state index in [4.69, 9.17) is 0 Å². The molecule has 1 saturated heterocycles. The molecule has 4 aromatic rings. The van der Waals surface area contributed by atoms with Crippen molar-refractivity contribution < 1.29 is 13.6 Å². The molecule has 0 radical (unpaired) electrons. The van der Waals surface area contributed by atoms with Gasteiger partial charge in [0, 0.05) is 41.6 Å². The maximum absolute atomic E-state index is 14.5. The number of amides is 2. The maximum Gasteiger partial charge on any atom is 0.322 e. The minimum absolute atomic E-state index is 0.0661. The highest BCUT2D eigenvalue weighted by atomic mass is 19.1. The van der Waals surface area contributed by atoms with Crippen LogP contribution in [0.4, 0.5) is 19.3 Å². The standard InChI is InChI=1S/C21H16F2N6O/c22-14-10-29(11-14)21(30)26-15-4-5-17(23)16(7-15)19-12-28-9-13(8-25-20(28)27-19)18-3-1-2-6-24-18/h1-9,12,14H,10-11H2,(H,26,30). The second-order valence-electron chi connectivity index (χ2n) is 7.02. The minimum Gasteiger partial charge on any atom is -0.319 e. The average molecular weight is 406 g/mol. The van der Waals surface area contributed by atoms with Crippen LogP contribution in [0.3, 0.4) is 0 Å². The topological polar surface area (TPSA) is 75.4 Å². The number of anilines is 1. The van der Waals surface area contributed by atoms with Crippen LogP contribution < -0.4 is 5.32 Å². The number of urea groups is 1. The van der Waals surface area contributed by atoms with E-state index in [1.54, 1.807) is 23.0 Å². The van der Waals surface area contributed by atoms with E-state index in [0.29, 0.717) is 17.2 Å². The van der Waals surface area contributed by atoms with Gasteiger partial charge in [-0.15, -0.1) is 0 Å². The number of hydrogen-bond donors (Lipinski definition) is 1. The molecule has 1 fully saturated rings. The van der Waals surface area contributed by atoms with Crippen molar-refractivity contribution in [2.45, 2.75) is 6.17 Å². The van der Waals surface area contributed by atoms with Crippen molar-refractivity contribution in [2.24, 2.45) is 0 Å². The second-order valence-corrected chi connectivity index (χ2v) is 7.02. The van der Waals surface area contributed by atoms with Crippen LogP contribution in [0.1, 0.15) is 0 Å². The summed E-state index contributed by atoms with van der Waals surface area (Å²) in [5, 5.41) is 2.66. The Kier molecular flexibility index (Phi) is 4.35. The third-order valence-corrected chi connectivity index (χ3v) is 4.89. The Morgan fingerprint density at radius 2 is 1.97 bits per heavy atom. The first-order valence-electron chi connectivity index (χ1n) is 9.33. The lowest BCUT2D eigenvalue weighted by molar-refractivity contribution is 0.0974. The molecule has 0 spiro atoms. The number of rotatable bonds is 3. The molecule has 1 aliphatic heterocycles. The fourth-order valence-corrected chi connectivity index (χ4v) is 3.27. The third kappa shape index (κ3) is 3.34. The lowest BCUT2D eigenvalue weighted by Crippen LogP contribution is -2.53. The number of carbonyl (C=O) groups excluding carboxylic acids is 1. The summed E-state index contributed by atoms with van der Waals surface area (Å²) in [6.45, 7) is 0.132. The molecule has 1 aromatic carbocycles. The number of carbonyl (C=O) groups is 1. The van der Waals surface area contributed by atoms with E-state index in [2.05, 4.69) is 20.3 Å². The van der Waals surface area contributed by atoms with Crippen LogP contribution in [0.2, 0.25) is 0 Å². The molecule has 0 saturated carbocycles. The molecule has 30 heavy (non-hydrogen) atoms. The van der Waals surface area contributed by atoms with Crippen molar-refractivity contribution in [3.05, 3.63) is 67.0 Å². The summed E-state index contributed by atoms with van der Waals surface area (Å²) in [5.74, 6) is -0.0674. The van der Waals surface area contributed by atoms with Gasteiger partial charge in [0.25, 0.3) is 0 Å². The molecule has 0 bridgehead atoms. The molecule has 2 amide bonds. The lowest BCUT2D eigenvalue weighted by Gasteiger charge is -2.34. The Morgan fingerprint density at radius 1 is 1.10 bits per heavy atom. The zero-order chi connectivity index (χ0) is 20.7. The summed E-state index contributed by atoms with van der Waals surface area (Å²) in [4.78, 5) is 26.5. The van der Waals surface area contributed by atoms with Gasteiger partial charge in [-0.3, -0.25) is 9.38 Å². The van der Waals surface area contributed by atoms with E-state index in [1.807, 2.05) is 24.4 Å². The van der Waals surface area contributed by atoms with Gasteiger partial charge in [-0.05, 0) is 30.3 Å². The Bertz CT molecular complexity index is 1240. The summed E-state index contributed by atoms with van der Waals surface area (Å²) in [6, 6.07) is 9.38. The molecular weight excluding hydrogens is 390 g/mol. The summed E-state index contributed by atoms with van der Waals surface area (Å²) in [7, 11) is 0. The highest BCUT2D eigenvalue weighted by Gasteiger charge is 2.30. The van der Waals surface area contributed by atoms with Crippen LogP contribution >= 0.6 is 0 Å². The molecule has 0 unspecified atom stereocenters. The van der Waals surface area contributed by atoms with Gasteiger partial charge in [0.2, 0.25) is 5.78 Å². The number of imidazole rings is 1. The van der Waals surface area contributed by atoms with Crippen molar-refractivity contribution in [1.29, 1.82) is 0 Å². The highest BCUT2D eigenvalue weighted by Crippen LogP contribution is 2.27. The van der Waals surface area contributed by atoms with Crippen molar-refractivity contribution in [3.8, 4) is 22.5 Å². The van der Waals surface area contributed by atoms with Crippen molar-refractivity contribution in [2.75, 3.05) is 18.4 Å². The molecule has 1 aliphatic rings. The first kappa shape index (κ1) is 18.2. The quantitative estimate of drug-likeness (QED) is 0.562. The normalized spacial score (nSPS) is 14.0. The molecule has 0 atom stereocenters. The van der Waals surface area contributed by atoms with Crippen LogP contribution in [-0.4, -0.2) is 49.5 Å². The fraction of sp³-hybridized carbons (Fsp3) is 0.143. The number of benzene rings is 1. The molecule has 9 heteroatoms. The predicted octanol–water partition coefficient (Wildman–Crippen LogP) is 3.78. The van der Waals surface area contributed by atoms with Crippen molar-refractivity contribution in [1.82, 2.24) is 24.3 Å². The number of hydrogen-bond acceptors (Lipinski definition) is 4. The molecule has 4 heterocycles. The average Bonchev–Trinajstić information content (AvgIpc) is 3.16. The zero-order valence-electron chi connectivity index (χ0n) is 15.7. The van der Waals surface area contributed by atoms with Crippen LogP contribution in [-0.2, 0) is 0 Å². The monoisotopic (exact) mass is 406 g/mol. The van der Waals surface area contributed by atoms with Crippen LogP contribution in [0, 0.1) is 5.82 Å². The minimum atomic E-state index is -0.985. The van der Waals surface area contributed by atoms with Gasteiger partial charge in [-0.2, -0.15) is 0 Å². The number of halogens is 2. The van der Waals surface area contributed by atoms with Gasteiger partial charge in [-0.25, -0.2) is 23.5 Å². The summed E-state index contributed by atoms with van der Waals surface area (Å²) in [6.07, 6.45) is 5.86. The van der Waals surface area contributed by atoms with Crippen molar-refractivity contribution >= 4 is 17.5 Å². The van der Waals surface area contributed by atoms with E-state index >= 15 is 0 Å². The van der Waals surface area contributed by atoms with Crippen LogP contribution in [0.5, 0.6) is 0 Å². The number of likely N-dealkylation sites (tertiary alicyclic amines) is 1. The van der Waals surface area contributed by atoms with Crippen LogP contribution in [0.25, 0.3) is 28.3 Å². The molecule has 7 nitrogen and oxygen atoms in total. The number of fused-ring (bicyclic) bond motifs is 1. The van der Waals surface area contributed by atoms with Gasteiger partial charge in [-0.1, -0.05) is 6.07 Å². The van der Waals surface area contributed by atoms with Crippen molar-refractivity contribution in [3.63, 3.8) is 0 Å². The van der Waals surface area contributed by atoms with E-state index in [9.17, 15) is 13.6 Å². The smallest absolute Gasteiger partial charge is 0.319 e. The van der Waals surface area contributed by atoms with Gasteiger partial charge in [0.05, 0.1) is 24.5 Å². The van der Waals surface area contributed by atoms with E-state index in [0.717, 1.165) is 11.3 Å². The molecule has 5 rings (SSSR count). The van der Waals surface area contributed by atoms with Gasteiger partial charge >= 0.3 is 6.03 Å². The zero-order valence-corrected chi connectivity index (χ0v) is 15.7. The Morgan fingerprint density at radius 3 is 2.73 bits per heavy atom. The lowest BCUT2D eigenvalue weighted by atomic mass is 10.1. The number of nitrogens with one attached hydrogen (secondary N) is 1. The van der Waals surface area contributed by atoms with Crippen LogP contribution in [0.15, 0.2) is 61.2 Å². The first-order chi connectivity index (χ1) is 14.6. The largest absolute Gasteiger partial charge is 0.322 e. The number of aromatic nitrogens is 4. The molecule has 150 valence electrons. The number of alkyl halides is 1. The Balaban J connectivity index is 1.45. The fourth-order valence-electron chi connectivity index (χ4n) is 3.27. The molecule has 0 aliphatic carbocycles. The molecule has 1 N–H and O–H groups in total. The number of nitrogens with zero attached hydrogens (tertiary/aromatic N) is 5. The predicted molar refractivity (Wildman–Crippen MR) is 107 cm³/mol. The van der Waals surface area contributed by atoms with Gasteiger partial charge < -0.3 is 10.2 Å².